The summed E-state index contributed by atoms with van der Waals surface area (Å²) >= 11 is 3.23. The lowest BCUT2D eigenvalue weighted by Gasteiger charge is -2.12. The maximum absolute atomic E-state index is 14.0. The summed E-state index contributed by atoms with van der Waals surface area (Å²) in [4.78, 5) is 8.39. The fraction of sp³-hybridized carbons (Fsp3) is 0.125. The van der Waals surface area contributed by atoms with Crippen LogP contribution in [0.1, 0.15) is 0 Å². The molecule has 5 N–H and O–H groups in total. The van der Waals surface area contributed by atoms with Gasteiger partial charge in [-0.2, -0.15) is 0 Å². The summed E-state index contributed by atoms with van der Waals surface area (Å²) in [6, 6.07) is 8.14. The second-order valence-electron chi connectivity index (χ2n) is 5.02. The van der Waals surface area contributed by atoms with Crippen LogP contribution < -0.4 is 21.5 Å². The Labute approximate surface area is 146 Å². The zero-order valence-corrected chi connectivity index (χ0v) is 14.2. The highest BCUT2D eigenvalue weighted by molar-refractivity contribution is 9.10. The fourth-order valence-electron chi connectivity index (χ4n) is 2.21. The number of aromatic nitrogens is 2. The second-order valence-corrected chi connectivity index (χ2v) is 5.93. The van der Waals surface area contributed by atoms with Gasteiger partial charge in [0.1, 0.15) is 30.3 Å². The molecule has 0 saturated carbocycles. The SMILES string of the molecule is NCCOc1cc2ncnc(Nc3ccc(Br)cc3F)c2cc1N. The van der Waals surface area contributed by atoms with Crippen molar-refractivity contribution in [1.29, 1.82) is 0 Å². The molecule has 124 valence electrons. The molecule has 0 aliphatic heterocycles. The highest BCUT2D eigenvalue weighted by atomic mass is 79.9. The van der Waals surface area contributed by atoms with Crippen molar-refractivity contribution in [1.82, 2.24) is 9.97 Å². The summed E-state index contributed by atoms with van der Waals surface area (Å²) in [5, 5.41) is 3.63. The van der Waals surface area contributed by atoms with E-state index in [1.807, 2.05) is 0 Å². The lowest BCUT2D eigenvalue weighted by atomic mass is 10.2. The number of ether oxygens (including phenoxy) is 1. The van der Waals surface area contributed by atoms with Crippen LogP contribution in [0.4, 0.5) is 21.6 Å². The molecule has 0 radical (unpaired) electrons. The Hall–Kier alpha value is -2.45. The van der Waals surface area contributed by atoms with E-state index < -0.39 is 5.82 Å². The molecule has 1 aromatic heterocycles. The fourth-order valence-corrected chi connectivity index (χ4v) is 2.55. The molecule has 0 unspecified atom stereocenters. The summed E-state index contributed by atoms with van der Waals surface area (Å²) in [6.45, 7) is 0.743. The van der Waals surface area contributed by atoms with E-state index in [9.17, 15) is 4.39 Å². The van der Waals surface area contributed by atoms with Gasteiger partial charge in [0.05, 0.1) is 16.9 Å². The van der Waals surface area contributed by atoms with Crippen molar-refractivity contribution in [2.24, 2.45) is 5.73 Å². The van der Waals surface area contributed by atoms with Crippen LogP contribution in [0.3, 0.4) is 0 Å². The van der Waals surface area contributed by atoms with Crippen molar-refractivity contribution >= 4 is 44.0 Å². The molecule has 0 amide bonds. The minimum absolute atomic E-state index is 0.306. The molecule has 3 aromatic rings. The Bertz CT molecular complexity index is 890. The number of nitrogen functional groups attached to an aromatic ring is 1. The standard InChI is InChI=1S/C16H15BrFN5O/c17-9-1-2-13(11(18)5-9)23-16-10-6-12(20)15(24-4-3-19)7-14(10)21-8-22-16/h1-2,5-8H,3-4,19-20H2,(H,21,22,23). The Balaban J connectivity index is 2.00. The predicted molar refractivity (Wildman–Crippen MR) is 95.9 cm³/mol. The van der Waals surface area contributed by atoms with Gasteiger partial charge in [-0.15, -0.1) is 0 Å². The summed E-state index contributed by atoms with van der Waals surface area (Å²) in [5.41, 5.74) is 12.8. The third-order valence-electron chi connectivity index (χ3n) is 3.33. The minimum Gasteiger partial charge on any atom is -0.490 e. The van der Waals surface area contributed by atoms with Gasteiger partial charge in [0.15, 0.2) is 0 Å². The van der Waals surface area contributed by atoms with Crippen LogP contribution >= 0.6 is 15.9 Å². The number of rotatable bonds is 5. The molecule has 0 spiro atoms. The first-order valence-corrected chi connectivity index (χ1v) is 7.97. The number of halogens is 2. The van der Waals surface area contributed by atoms with Crippen LogP contribution in [0.5, 0.6) is 5.75 Å². The first kappa shape index (κ1) is 16.4. The van der Waals surface area contributed by atoms with Gasteiger partial charge >= 0.3 is 0 Å². The van der Waals surface area contributed by atoms with E-state index in [4.69, 9.17) is 16.2 Å². The normalized spacial score (nSPS) is 10.8. The van der Waals surface area contributed by atoms with Gasteiger partial charge in [-0.05, 0) is 24.3 Å². The van der Waals surface area contributed by atoms with Gasteiger partial charge < -0.3 is 21.5 Å². The van der Waals surface area contributed by atoms with E-state index in [2.05, 4.69) is 31.2 Å². The van der Waals surface area contributed by atoms with E-state index in [0.717, 1.165) is 0 Å². The number of nitrogens with zero attached hydrogens (tertiary/aromatic N) is 2. The first-order chi connectivity index (χ1) is 11.6. The molecule has 0 aliphatic rings. The van der Waals surface area contributed by atoms with Gasteiger partial charge in [0.25, 0.3) is 0 Å². The number of nitrogens with one attached hydrogen (secondary N) is 1. The lowest BCUT2D eigenvalue weighted by molar-refractivity contribution is 0.330. The zero-order chi connectivity index (χ0) is 17.1. The molecule has 0 bridgehead atoms. The highest BCUT2D eigenvalue weighted by Gasteiger charge is 2.11. The van der Waals surface area contributed by atoms with Crippen molar-refractivity contribution in [3.8, 4) is 5.75 Å². The van der Waals surface area contributed by atoms with Crippen molar-refractivity contribution in [3.63, 3.8) is 0 Å². The molecule has 3 rings (SSSR count). The van der Waals surface area contributed by atoms with E-state index in [0.29, 0.717) is 51.5 Å². The largest absolute Gasteiger partial charge is 0.490 e. The van der Waals surface area contributed by atoms with Gasteiger partial charge in [-0.3, -0.25) is 0 Å². The number of hydrogen-bond donors (Lipinski definition) is 3. The predicted octanol–water partition coefficient (Wildman–Crippen LogP) is 3.19. The van der Waals surface area contributed by atoms with E-state index in [1.54, 1.807) is 24.3 Å². The Kier molecular flexibility index (Phi) is 4.77. The first-order valence-electron chi connectivity index (χ1n) is 7.17. The minimum atomic E-state index is -0.396. The summed E-state index contributed by atoms with van der Waals surface area (Å²) in [6.07, 6.45) is 1.39. The van der Waals surface area contributed by atoms with Crippen LogP contribution in [-0.4, -0.2) is 23.1 Å². The monoisotopic (exact) mass is 391 g/mol. The molecule has 6 nitrogen and oxygen atoms in total. The number of hydrogen-bond acceptors (Lipinski definition) is 6. The molecule has 2 aromatic carbocycles. The average Bonchev–Trinajstić information content (AvgIpc) is 2.56. The molecule has 0 atom stereocenters. The highest BCUT2D eigenvalue weighted by Crippen LogP contribution is 2.32. The van der Waals surface area contributed by atoms with Crippen molar-refractivity contribution < 1.29 is 9.13 Å². The molecule has 8 heteroatoms. The number of fused-ring (bicyclic) bond motifs is 1. The number of nitrogens with two attached hydrogens (primary N) is 2. The van der Waals surface area contributed by atoms with Gasteiger partial charge in [0, 0.05) is 22.5 Å². The van der Waals surface area contributed by atoms with E-state index >= 15 is 0 Å². The molecule has 0 aliphatic carbocycles. The zero-order valence-electron chi connectivity index (χ0n) is 12.6. The number of benzene rings is 2. The third-order valence-corrected chi connectivity index (χ3v) is 3.82. The van der Waals surface area contributed by atoms with E-state index in [1.165, 1.54) is 12.4 Å². The Morgan fingerprint density at radius 1 is 1.21 bits per heavy atom. The average molecular weight is 392 g/mol. The summed E-state index contributed by atoms with van der Waals surface area (Å²) in [5.74, 6) is 0.567. The molecule has 0 fully saturated rings. The second kappa shape index (κ2) is 6.98. The Morgan fingerprint density at radius 2 is 2.04 bits per heavy atom. The van der Waals surface area contributed by atoms with Crippen LogP contribution in [0.2, 0.25) is 0 Å². The van der Waals surface area contributed by atoms with Crippen LogP contribution in [0, 0.1) is 5.82 Å². The van der Waals surface area contributed by atoms with Crippen LogP contribution in [0.15, 0.2) is 41.1 Å². The van der Waals surface area contributed by atoms with Gasteiger partial charge in [0.2, 0.25) is 0 Å². The number of anilines is 3. The summed E-state index contributed by atoms with van der Waals surface area (Å²) < 4.78 is 20.2. The molecule has 0 saturated heterocycles. The lowest BCUT2D eigenvalue weighted by Crippen LogP contribution is -2.11. The van der Waals surface area contributed by atoms with Crippen molar-refractivity contribution in [2.75, 3.05) is 24.2 Å². The van der Waals surface area contributed by atoms with Crippen LogP contribution in [-0.2, 0) is 0 Å². The van der Waals surface area contributed by atoms with Crippen LogP contribution in [0.25, 0.3) is 10.9 Å². The van der Waals surface area contributed by atoms with Gasteiger partial charge in [-0.1, -0.05) is 15.9 Å². The van der Waals surface area contributed by atoms with Crippen molar-refractivity contribution in [2.45, 2.75) is 0 Å². The molecular formula is C16H15BrFN5O. The third kappa shape index (κ3) is 3.39. The van der Waals surface area contributed by atoms with Crippen molar-refractivity contribution in [3.05, 3.63) is 46.9 Å². The topological polar surface area (TPSA) is 99.1 Å². The van der Waals surface area contributed by atoms with Gasteiger partial charge in [-0.25, -0.2) is 14.4 Å². The molecule has 1 heterocycles. The maximum Gasteiger partial charge on any atom is 0.147 e. The maximum atomic E-state index is 14.0. The summed E-state index contributed by atoms with van der Waals surface area (Å²) in [7, 11) is 0. The quantitative estimate of drug-likeness (QED) is 0.577. The Morgan fingerprint density at radius 3 is 2.79 bits per heavy atom. The molecular weight excluding hydrogens is 377 g/mol. The van der Waals surface area contributed by atoms with E-state index in [-0.39, 0.29) is 0 Å². The smallest absolute Gasteiger partial charge is 0.147 e. The molecule has 24 heavy (non-hydrogen) atoms.